The quantitative estimate of drug-likeness (QED) is 0.716. The second kappa shape index (κ2) is 7.69. The largest absolute Gasteiger partial charge is 0.478 e. The molecule has 1 heterocycles. The Bertz CT molecular complexity index is 986. The molecule has 0 aliphatic carbocycles. The molecule has 0 aliphatic heterocycles. The number of anilines is 1. The summed E-state index contributed by atoms with van der Waals surface area (Å²) in [6.07, 6.45) is 2.30. The van der Waals surface area contributed by atoms with Gasteiger partial charge in [-0.3, -0.25) is 5.32 Å². The molecule has 2 aromatic carbocycles. The van der Waals surface area contributed by atoms with Crippen LogP contribution in [0.1, 0.15) is 15.9 Å². The molecule has 3 rings (SSSR count). The molecule has 7 nitrogen and oxygen atoms in total. The predicted octanol–water partition coefficient (Wildman–Crippen LogP) is 3.67. The molecule has 2 N–H and O–H groups in total. The molecule has 0 radical (unpaired) electrons. The van der Waals surface area contributed by atoms with Gasteiger partial charge in [-0.25, -0.2) is 19.0 Å². The van der Waals surface area contributed by atoms with Gasteiger partial charge in [0.1, 0.15) is 23.8 Å². The van der Waals surface area contributed by atoms with Crippen molar-refractivity contribution in [2.24, 2.45) is 7.05 Å². The van der Waals surface area contributed by atoms with Gasteiger partial charge in [0.2, 0.25) is 0 Å². The lowest BCUT2D eigenvalue weighted by atomic mass is 10.1. The Morgan fingerprint density at radius 1 is 1.26 bits per heavy atom. The van der Waals surface area contributed by atoms with Crippen LogP contribution < -0.4 is 5.32 Å². The summed E-state index contributed by atoms with van der Waals surface area (Å²) in [5.74, 6) is -2.06. The number of carboxylic acids is 1. The number of ether oxygens (including phenoxy) is 1. The zero-order valence-corrected chi connectivity index (χ0v) is 14.3. The van der Waals surface area contributed by atoms with Crippen LogP contribution >= 0.6 is 0 Å². The van der Waals surface area contributed by atoms with Gasteiger partial charge in [-0.2, -0.15) is 0 Å². The van der Waals surface area contributed by atoms with Crippen molar-refractivity contribution < 1.29 is 23.8 Å². The second-order valence-corrected chi connectivity index (χ2v) is 5.73. The van der Waals surface area contributed by atoms with Crippen molar-refractivity contribution in [1.29, 1.82) is 0 Å². The molecule has 1 aromatic heterocycles. The molecule has 138 valence electrons. The first-order valence-electron chi connectivity index (χ1n) is 7.98. The van der Waals surface area contributed by atoms with Gasteiger partial charge < -0.3 is 14.4 Å². The highest BCUT2D eigenvalue weighted by molar-refractivity contribution is 6.00. The molecule has 1 amide bonds. The predicted molar refractivity (Wildman–Crippen MR) is 95.8 cm³/mol. The van der Waals surface area contributed by atoms with Gasteiger partial charge in [0, 0.05) is 25.0 Å². The van der Waals surface area contributed by atoms with Crippen molar-refractivity contribution in [2.75, 3.05) is 5.32 Å². The zero-order valence-electron chi connectivity index (χ0n) is 14.3. The normalized spacial score (nSPS) is 10.4. The third kappa shape index (κ3) is 4.12. The maximum absolute atomic E-state index is 14.4. The minimum absolute atomic E-state index is 0.00336. The molecule has 3 aromatic rings. The van der Waals surface area contributed by atoms with Crippen LogP contribution in [0.4, 0.5) is 14.9 Å². The van der Waals surface area contributed by atoms with E-state index in [-0.39, 0.29) is 12.3 Å². The smallest absolute Gasteiger partial charge is 0.411 e. The first-order valence-corrected chi connectivity index (χ1v) is 7.98. The van der Waals surface area contributed by atoms with Crippen LogP contribution in [0.5, 0.6) is 0 Å². The van der Waals surface area contributed by atoms with E-state index in [0.29, 0.717) is 11.4 Å². The first-order chi connectivity index (χ1) is 13.0. The number of hydrogen-bond donors (Lipinski definition) is 2. The molecular weight excluding hydrogens is 353 g/mol. The molecule has 8 heteroatoms. The van der Waals surface area contributed by atoms with E-state index in [1.54, 1.807) is 42.1 Å². The molecule has 27 heavy (non-hydrogen) atoms. The number of aromatic carboxylic acids is 1. The first kappa shape index (κ1) is 18.1. The molecule has 0 saturated heterocycles. The number of benzene rings is 2. The van der Waals surface area contributed by atoms with Gasteiger partial charge in [-0.1, -0.05) is 30.3 Å². The monoisotopic (exact) mass is 369 g/mol. The number of aromatic nitrogens is 2. The van der Waals surface area contributed by atoms with Crippen LogP contribution in [0.2, 0.25) is 0 Å². The number of imidazole rings is 1. The van der Waals surface area contributed by atoms with E-state index >= 15 is 0 Å². The van der Waals surface area contributed by atoms with Crippen LogP contribution in [0.25, 0.3) is 11.4 Å². The second-order valence-electron chi connectivity index (χ2n) is 5.73. The van der Waals surface area contributed by atoms with Crippen LogP contribution in [0, 0.1) is 5.82 Å². The summed E-state index contributed by atoms with van der Waals surface area (Å²) >= 11 is 0. The van der Waals surface area contributed by atoms with Gasteiger partial charge in [0.05, 0.1) is 5.69 Å². The van der Waals surface area contributed by atoms with Crippen molar-refractivity contribution in [3.05, 3.63) is 71.8 Å². The summed E-state index contributed by atoms with van der Waals surface area (Å²) in [5.41, 5.74) is 0.227. The average Bonchev–Trinajstić information content (AvgIpc) is 3.06. The fraction of sp³-hybridized carbons (Fsp3) is 0.105. The maximum atomic E-state index is 14.4. The summed E-state index contributed by atoms with van der Waals surface area (Å²) in [7, 11) is 1.71. The van der Waals surface area contributed by atoms with Gasteiger partial charge in [0.25, 0.3) is 0 Å². The number of nitrogens with one attached hydrogen (secondary N) is 1. The van der Waals surface area contributed by atoms with E-state index in [9.17, 15) is 19.1 Å². The van der Waals surface area contributed by atoms with Gasteiger partial charge in [0.15, 0.2) is 0 Å². The van der Waals surface area contributed by atoms with E-state index < -0.39 is 23.4 Å². The lowest BCUT2D eigenvalue weighted by Gasteiger charge is -2.12. The highest BCUT2D eigenvalue weighted by Gasteiger charge is 2.21. The van der Waals surface area contributed by atoms with Gasteiger partial charge >= 0.3 is 12.1 Å². The molecule has 0 fully saturated rings. The fourth-order valence-electron chi connectivity index (χ4n) is 2.56. The van der Waals surface area contributed by atoms with Crippen LogP contribution in [0.3, 0.4) is 0 Å². The number of carbonyl (C=O) groups excluding carboxylic acids is 1. The van der Waals surface area contributed by atoms with E-state index in [0.717, 1.165) is 11.6 Å². The van der Waals surface area contributed by atoms with E-state index in [1.165, 1.54) is 12.3 Å². The minimum Gasteiger partial charge on any atom is -0.478 e. The zero-order chi connectivity index (χ0) is 19.4. The number of amides is 1. The average molecular weight is 369 g/mol. The number of hydrogen-bond acceptors (Lipinski definition) is 4. The summed E-state index contributed by atoms with van der Waals surface area (Å²) < 4.78 is 21.1. The fourth-order valence-corrected chi connectivity index (χ4v) is 2.56. The Hall–Kier alpha value is -3.68. The standard InChI is InChI=1S/C19H16FN3O4/c1-23-8-7-21-17(23)13-9-14(20)16(18(24)25)15(10-13)22-19(26)27-11-12-5-3-2-4-6-12/h2-10H,11H2,1H3,(H,22,26)(H,24,25). The molecule has 0 aliphatic rings. The summed E-state index contributed by atoms with van der Waals surface area (Å²) in [6, 6.07) is 11.4. The number of rotatable bonds is 5. The Morgan fingerprint density at radius 2 is 2.00 bits per heavy atom. The van der Waals surface area contributed by atoms with E-state index in [4.69, 9.17) is 4.74 Å². The molecule has 0 bridgehead atoms. The van der Waals surface area contributed by atoms with E-state index in [1.807, 2.05) is 6.07 Å². The molecular formula is C19H16FN3O4. The van der Waals surface area contributed by atoms with Crippen molar-refractivity contribution in [3.63, 3.8) is 0 Å². The highest BCUT2D eigenvalue weighted by atomic mass is 19.1. The number of nitrogens with zero attached hydrogens (tertiary/aromatic N) is 2. The van der Waals surface area contributed by atoms with Crippen molar-refractivity contribution in [1.82, 2.24) is 9.55 Å². The number of aryl methyl sites for hydroxylation is 1. The Morgan fingerprint density at radius 3 is 2.63 bits per heavy atom. The van der Waals surface area contributed by atoms with Crippen molar-refractivity contribution in [2.45, 2.75) is 6.61 Å². The van der Waals surface area contributed by atoms with E-state index in [2.05, 4.69) is 10.3 Å². The lowest BCUT2D eigenvalue weighted by Crippen LogP contribution is -2.17. The molecule has 0 atom stereocenters. The maximum Gasteiger partial charge on any atom is 0.411 e. The SMILES string of the molecule is Cn1ccnc1-c1cc(F)c(C(=O)O)c(NC(=O)OCc2ccccc2)c1. The van der Waals surface area contributed by atoms with Crippen molar-refractivity contribution >= 4 is 17.7 Å². The topological polar surface area (TPSA) is 93.5 Å². The molecule has 0 saturated carbocycles. The number of carbonyl (C=O) groups is 2. The van der Waals surface area contributed by atoms with Crippen LogP contribution in [0.15, 0.2) is 54.9 Å². The summed E-state index contributed by atoms with van der Waals surface area (Å²) in [5, 5.41) is 11.6. The van der Waals surface area contributed by atoms with Crippen LogP contribution in [-0.4, -0.2) is 26.7 Å². The Balaban J connectivity index is 1.86. The lowest BCUT2D eigenvalue weighted by molar-refractivity contribution is 0.0693. The number of carboxylic acid groups (broad SMARTS) is 1. The van der Waals surface area contributed by atoms with Gasteiger partial charge in [-0.05, 0) is 17.7 Å². The number of halogens is 1. The third-order valence-electron chi connectivity index (χ3n) is 3.83. The van der Waals surface area contributed by atoms with Crippen LogP contribution in [-0.2, 0) is 18.4 Å². The molecule has 0 unspecified atom stereocenters. The summed E-state index contributed by atoms with van der Waals surface area (Å²) in [4.78, 5) is 27.6. The van der Waals surface area contributed by atoms with Gasteiger partial charge in [-0.15, -0.1) is 0 Å². The third-order valence-corrected chi connectivity index (χ3v) is 3.83. The highest BCUT2D eigenvalue weighted by Crippen LogP contribution is 2.27. The Kier molecular flexibility index (Phi) is 5.16. The molecule has 0 spiro atoms. The summed E-state index contributed by atoms with van der Waals surface area (Å²) in [6.45, 7) is -0.00336. The minimum atomic E-state index is -1.50. The van der Waals surface area contributed by atoms with Crippen molar-refractivity contribution in [3.8, 4) is 11.4 Å². The Labute approximate surface area is 154 Å².